The molecule has 2 aromatic rings. The van der Waals surface area contributed by atoms with Gasteiger partial charge in [0, 0.05) is 24.2 Å². The van der Waals surface area contributed by atoms with Crippen molar-refractivity contribution in [3.63, 3.8) is 0 Å². The average molecular weight is 356 g/mol. The lowest BCUT2D eigenvalue weighted by Gasteiger charge is -2.35. The van der Waals surface area contributed by atoms with E-state index in [4.69, 9.17) is 9.47 Å². The molecule has 0 saturated carbocycles. The fraction of sp³-hybridized carbons (Fsp3) is 0.316. The van der Waals surface area contributed by atoms with E-state index < -0.39 is 4.92 Å². The Hall–Kier alpha value is -3.09. The van der Waals surface area contributed by atoms with Crippen LogP contribution >= 0.6 is 0 Å². The Bertz CT molecular complexity index is 848. The van der Waals surface area contributed by atoms with E-state index in [2.05, 4.69) is 0 Å². The number of benzene rings is 2. The van der Waals surface area contributed by atoms with Gasteiger partial charge in [-0.25, -0.2) is 0 Å². The minimum Gasteiger partial charge on any atom is -0.493 e. The van der Waals surface area contributed by atoms with Crippen molar-refractivity contribution in [2.75, 3.05) is 20.8 Å². The standard InChI is InChI=1S/C19H20N2O5/c1-12-16-11-18(26-3)17(25-2)10-14(16)8-9-20(12)19(22)13-4-6-15(7-5-13)21(23)24/h4-7,10-12H,8-9H2,1-3H3/t12-/m1/s1. The number of methoxy groups -OCH3 is 2. The molecule has 1 amide bonds. The predicted octanol–water partition coefficient (Wildman–Crippen LogP) is 3.37. The summed E-state index contributed by atoms with van der Waals surface area (Å²) in [7, 11) is 3.18. The number of amides is 1. The van der Waals surface area contributed by atoms with E-state index in [9.17, 15) is 14.9 Å². The molecule has 0 aromatic heterocycles. The lowest BCUT2D eigenvalue weighted by atomic mass is 9.92. The molecule has 26 heavy (non-hydrogen) atoms. The number of carbonyl (C=O) groups is 1. The molecule has 0 spiro atoms. The molecule has 7 heteroatoms. The lowest BCUT2D eigenvalue weighted by molar-refractivity contribution is -0.384. The van der Waals surface area contributed by atoms with Crippen molar-refractivity contribution in [3.05, 3.63) is 63.2 Å². The van der Waals surface area contributed by atoms with Gasteiger partial charge in [0.2, 0.25) is 0 Å². The lowest BCUT2D eigenvalue weighted by Crippen LogP contribution is -2.38. The SMILES string of the molecule is COc1cc2c(cc1OC)[C@@H](C)N(C(=O)c1ccc([N+](=O)[O-])cc1)CC2. The first-order chi connectivity index (χ1) is 12.5. The number of carbonyl (C=O) groups excluding carboxylic acids is 1. The van der Waals surface area contributed by atoms with Crippen molar-refractivity contribution in [2.24, 2.45) is 0 Å². The molecule has 0 fully saturated rings. The fourth-order valence-corrected chi connectivity index (χ4v) is 3.31. The molecule has 1 heterocycles. The molecule has 0 N–H and O–H groups in total. The van der Waals surface area contributed by atoms with E-state index in [0.717, 1.165) is 11.1 Å². The number of nitrogens with zero attached hydrogens (tertiary/aromatic N) is 2. The van der Waals surface area contributed by atoms with Crippen LogP contribution in [0.1, 0.15) is 34.5 Å². The second-order valence-electron chi connectivity index (χ2n) is 6.13. The highest BCUT2D eigenvalue weighted by atomic mass is 16.6. The van der Waals surface area contributed by atoms with Crippen molar-refractivity contribution in [2.45, 2.75) is 19.4 Å². The van der Waals surface area contributed by atoms with E-state index in [0.29, 0.717) is 30.0 Å². The van der Waals surface area contributed by atoms with Crippen LogP contribution < -0.4 is 9.47 Å². The Morgan fingerprint density at radius 3 is 2.35 bits per heavy atom. The van der Waals surface area contributed by atoms with Gasteiger partial charge in [-0.15, -0.1) is 0 Å². The molecule has 1 aliphatic rings. The highest BCUT2D eigenvalue weighted by Gasteiger charge is 2.30. The third-order valence-electron chi connectivity index (χ3n) is 4.77. The minimum absolute atomic E-state index is 0.0320. The van der Waals surface area contributed by atoms with Crippen LogP contribution in [0.25, 0.3) is 0 Å². The maximum absolute atomic E-state index is 12.9. The van der Waals surface area contributed by atoms with E-state index in [1.807, 2.05) is 19.1 Å². The van der Waals surface area contributed by atoms with Crippen molar-refractivity contribution in [1.29, 1.82) is 0 Å². The molecule has 0 saturated heterocycles. The minimum atomic E-state index is -0.478. The van der Waals surface area contributed by atoms with Gasteiger partial charge in [-0.3, -0.25) is 14.9 Å². The van der Waals surface area contributed by atoms with Crippen molar-refractivity contribution >= 4 is 11.6 Å². The molecule has 7 nitrogen and oxygen atoms in total. The predicted molar refractivity (Wildman–Crippen MR) is 95.8 cm³/mol. The quantitative estimate of drug-likeness (QED) is 0.620. The highest BCUT2D eigenvalue weighted by molar-refractivity contribution is 5.95. The Balaban J connectivity index is 1.89. The summed E-state index contributed by atoms with van der Waals surface area (Å²) in [5.74, 6) is 1.16. The zero-order chi connectivity index (χ0) is 18.8. The number of nitro groups is 1. The number of non-ortho nitro benzene ring substituents is 1. The van der Waals surface area contributed by atoms with E-state index in [1.54, 1.807) is 19.1 Å². The first kappa shape index (κ1) is 17.7. The monoisotopic (exact) mass is 356 g/mol. The van der Waals surface area contributed by atoms with Crippen LogP contribution in [-0.4, -0.2) is 36.5 Å². The van der Waals surface area contributed by atoms with Gasteiger partial charge in [-0.05, 0) is 48.7 Å². The Kier molecular flexibility index (Phi) is 4.79. The maximum atomic E-state index is 12.9. The molecule has 0 unspecified atom stereocenters. The summed E-state index contributed by atoms with van der Waals surface area (Å²) in [4.78, 5) is 24.9. The van der Waals surface area contributed by atoms with Gasteiger partial charge in [-0.1, -0.05) is 0 Å². The highest BCUT2D eigenvalue weighted by Crippen LogP contribution is 2.38. The van der Waals surface area contributed by atoms with Crippen molar-refractivity contribution < 1.29 is 19.2 Å². The van der Waals surface area contributed by atoms with E-state index in [1.165, 1.54) is 24.3 Å². The Morgan fingerprint density at radius 1 is 1.15 bits per heavy atom. The van der Waals surface area contributed by atoms with Gasteiger partial charge in [0.05, 0.1) is 25.2 Å². The molecule has 2 aromatic carbocycles. The zero-order valence-corrected chi connectivity index (χ0v) is 14.9. The number of hydrogen-bond acceptors (Lipinski definition) is 5. The smallest absolute Gasteiger partial charge is 0.269 e. The van der Waals surface area contributed by atoms with Gasteiger partial charge in [0.1, 0.15) is 0 Å². The van der Waals surface area contributed by atoms with Crippen molar-refractivity contribution in [3.8, 4) is 11.5 Å². The summed E-state index contributed by atoms with van der Waals surface area (Å²) in [6.07, 6.45) is 0.707. The second kappa shape index (κ2) is 7.03. The van der Waals surface area contributed by atoms with Crippen LogP contribution in [-0.2, 0) is 6.42 Å². The van der Waals surface area contributed by atoms with Crippen LogP contribution in [0.2, 0.25) is 0 Å². The summed E-state index contributed by atoms with van der Waals surface area (Å²) in [5, 5.41) is 10.8. The first-order valence-electron chi connectivity index (χ1n) is 8.26. The average Bonchev–Trinajstić information content (AvgIpc) is 2.67. The molecular weight excluding hydrogens is 336 g/mol. The van der Waals surface area contributed by atoms with Gasteiger partial charge in [0.25, 0.3) is 11.6 Å². The fourth-order valence-electron chi connectivity index (χ4n) is 3.31. The first-order valence-corrected chi connectivity index (χ1v) is 8.26. The van der Waals surface area contributed by atoms with E-state index >= 15 is 0 Å². The number of nitro benzene ring substituents is 1. The Labute approximate surface area is 151 Å². The van der Waals surface area contributed by atoms with Crippen LogP contribution in [0.15, 0.2) is 36.4 Å². The number of fused-ring (bicyclic) bond motifs is 1. The zero-order valence-electron chi connectivity index (χ0n) is 14.9. The van der Waals surface area contributed by atoms with Gasteiger partial charge >= 0.3 is 0 Å². The van der Waals surface area contributed by atoms with Crippen LogP contribution in [0.3, 0.4) is 0 Å². The molecule has 0 aliphatic carbocycles. The maximum Gasteiger partial charge on any atom is 0.269 e. The second-order valence-corrected chi connectivity index (χ2v) is 6.13. The molecule has 0 radical (unpaired) electrons. The molecule has 1 aliphatic heterocycles. The summed E-state index contributed by atoms with van der Waals surface area (Å²) in [6, 6.07) is 9.43. The van der Waals surface area contributed by atoms with E-state index in [-0.39, 0.29) is 17.6 Å². The summed E-state index contributed by atoms with van der Waals surface area (Å²) in [6.45, 7) is 2.53. The van der Waals surface area contributed by atoms with Gasteiger partial charge in [0.15, 0.2) is 11.5 Å². The summed E-state index contributed by atoms with van der Waals surface area (Å²) in [5.41, 5.74) is 2.55. The number of rotatable bonds is 4. The third kappa shape index (κ3) is 3.08. The molecule has 3 rings (SSSR count). The van der Waals surface area contributed by atoms with Gasteiger partial charge < -0.3 is 14.4 Å². The van der Waals surface area contributed by atoms with Crippen LogP contribution in [0.4, 0.5) is 5.69 Å². The van der Waals surface area contributed by atoms with Crippen molar-refractivity contribution in [1.82, 2.24) is 4.90 Å². The number of ether oxygens (including phenoxy) is 2. The summed E-state index contributed by atoms with van der Waals surface area (Å²) < 4.78 is 10.7. The summed E-state index contributed by atoms with van der Waals surface area (Å²) >= 11 is 0. The molecule has 0 bridgehead atoms. The molecule has 136 valence electrons. The third-order valence-corrected chi connectivity index (χ3v) is 4.77. The largest absolute Gasteiger partial charge is 0.493 e. The Morgan fingerprint density at radius 2 is 1.77 bits per heavy atom. The molecule has 1 atom stereocenters. The normalized spacial score (nSPS) is 16.0. The van der Waals surface area contributed by atoms with Gasteiger partial charge in [-0.2, -0.15) is 0 Å². The van der Waals surface area contributed by atoms with Crippen LogP contribution in [0, 0.1) is 10.1 Å². The number of hydrogen-bond donors (Lipinski definition) is 0. The topological polar surface area (TPSA) is 81.9 Å². The van der Waals surface area contributed by atoms with Crippen LogP contribution in [0.5, 0.6) is 11.5 Å². The molecular formula is C19H20N2O5.